The Bertz CT molecular complexity index is 790. The van der Waals surface area contributed by atoms with E-state index >= 15 is 0 Å². The number of carboxylic acid groups (broad SMARTS) is 1. The molecule has 5 rings (SSSR count). The monoisotopic (exact) mass is 506 g/mol. The van der Waals surface area contributed by atoms with Crippen LogP contribution < -0.4 is 0 Å². The number of phenols is 1. The van der Waals surface area contributed by atoms with Crippen molar-refractivity contribution in [3.8, 4) is 5.75 Å². The Hall–Kier alpha value is -1.45. The number of aromatic hydroxyl groups is 1. The Morgan fingerprint density at radius 3 is 2.14 bits per heavy atom. The fourth-order valence-corrected chi connectivity index (χ4v) is 6.28. The maximum Gasteiger partial charge on any atom is 0.382 e. The van der Waals surface area contributed by atoms with Crippen molar-refractivity contribution in [2.24, 2.45) is 23.2 Å². The van der Waals surface area contributed by atoms with Gasteiger partial charge in [-0.1, -0.05) is 6.07 Å². The topological polar surface area (TPSA) is 83.8 Å². The third-order valence-corrected chi connectivity index (χ3v) is 7.45. The maximum absolute atomic E-state index is 14.5. The van der Waals surface area contributed by atoms with Crippen LogP contribution in [0.5, 0.6) is 5.75 Å². The Labute approximate surface area is 174 Å². The van der Waals surface area contributed by atoms with Gasteiger partial charge in [-0.25, -0.2) is 4.79 Å². The van der Waals surface area contributed by atoms with Crippen LogP contribution >= 0.6 is 22.6 Å². The summed E-state index contributed by atoms with van der Waals surface area (Å²) >= 11 is 1.75. The first-order chi connectivity index (χ1) is 13.1. The predicted octanol–water partition coefficient (Wildman–Crippen LogP) is 4.52. The number of carbonyl (C=O) groups is 2. The third-order valence-electron chi connectivity index (χ3n) is 6.59. The lowest BCUT2D eigenvalue weighted by Crippen LogP contribution is -2.51. The summed E-state index contributed by atoms with van der Waals surface area (Å²) in [6, 6.07) is 3.59. The number of benzene rings is 1. The molecule has 0 heterocycles. The zero-order valence-electron chi connectivity index (χ0n) is 15.0. The van der Waals surface area contributed by atoms with Crippen molar-refractivity contribution >= 4 is 34.5 Å². The zero-order valence-corrected chi connectivity index (χ0v) is 17.2. The van der Waals surface area contributed by atoms with Gasteiger partial charge in [-0.3, -0.25) is 4.79 Å². The molecule has 4 aliphatic carbocycles. The van der Waals surface area contributed by atoms with Crippen LogP contribution in [0.15, 0.2) is 18.2 Å². The molecule has 4 fully saturated rings. The van der Waals surface area contributed by atoms with E-state index < -0.39 is 29.4 Å². The van der Waals surface area contributed by atoms with Crippen LogP contribution in [0.4, 0.5) is 8.78 Å². The van der Waals surface area contributed by atoms with Crippen molar-refractivity contribution in [3.05, 3.63) is 27.3 Å². The second-order valence-electron chi connectivity index (χ2n) is 8.62. The molecule has 0 radical (unpaired) electrons. The molecule has 152 valence electrons. The summed E-state index contributed by atoms with van der Waals surface area (Å²) in [7, 11) is 0. The highest BCUT2D eigenvalue weighted by molar-refractivity contribution is 14.1. The molecule has 2 N–H and O–H groups in total. The van der Waals surface area contributed by atoms with Crippen LogP contribution in [0.1, 0.15) is 50.2 Å². The van der Waals surface area contributed by atoms with Gasteiger partial charge in [0.15, 0.2) is 0 Å². The number of hydrogen-bond acceptors (Lipinski definition) is 4. The lowest BCUT2D eigenvalue weighted by atomic mass is 9.49. The summed E-state index contributed by atoms with van der Waals surface area (Å²) in [4.78, 5) is 24.3. The second-order valence-corrected chi connectivity index (χ2v) is 9.78. The first-order valence-electron chi connectivity index (χ1n) is 9.41. The van der Waals surface area contributed by atoms with Crippen molar-refractivity contribution in [2.45, 2.75) is 50.6 Å². The van der Waals surface area contributed by atoms with E-state index in [9.17, 15) is 23.5 Å². The van der Waals surface area contributed by atoms with Gasteiger partial charge < -0.3 is 14.9 Å². The Balaban J connectivity index is 1.65. The summed E-state index contributed by atoms with van der Waals surface area (Å²) in [5.74, 6) is -6.18. The standard InChI is InChI=1S/C20H21F2IO5/c21-20(22,17(25)26)16(13-1-2-15(24)14(23)6-13)28-18(27)19-7-10-3-11(8-19)5-12(4-10)9-19/h1-2,6,10-12,16,24H,3-5,7-9H2,(H,25,26). The molecule has 1 aromatic carbocycles. The Kier molecular flexibility index (Phi) is 4.83. The van der Waals surface area contributed by atoms with E-state index in [-0.39, 0.29) is 14.9 Å². The van der Waals surface area contributed by atoms with E-state index in [0.717, 1.165) is 19.3 Å². The number of ether oxygens (including phenoxy) is 1. The summed E-state index contributed by atoms with van der Waals surface area (Å²) in [6.45, 7) is 0. The molecule has 0 spiro atoms. The normalized spacial score (nSPS) is 32.2. The van der Waals surface area contributed by atoms with E-state index in [1.165, 1.54) is 18.2 Å². The third kappa shape index (κ3) is 3.27. The molecular weight excluding hydrogens is 485 g/mol. The number of halogens is 3. The highest BCUT2D eigenvalue weighted by Crippen LogP contribution is 2.61. The van der Waals surface area contributed by atoms with Gasteiger partial charge in [0, 0.05) is 5.56 Å². The van der Waals surface area contributed by atoms with Crippen LogP contribution in [-0.4, -0.2) is 28.1 Å². The van der Waals surface area contributed by atoms with Crippen molar-refractivity contribution in [2.75, 3.05) is 0 Å². The molecule has 0 aromatic heterocycles. The van der Waals surface area contributed by atoms with Gasteiger partial charge in [0.05, 0.1) is 8.99 Å². The van der Waals surface area contributed by atoms with Crippen LogP contribution in [-0.2, 0) is 14.3 Å². The molecule has 0 saturated heterocycles. The fourth-order valence-electron chi connectivity index (χ4n) is 5.74. The number of aliphatic carboxylic acids is 1. The van der Waals surface area contributed by atoms with Gasteiger partial charge in [0.25, 0.3) is 0 Å². The SMILES string of the molecule is O=C(OC(c1ccc(O)c(I)c1)C(F)(F)C(=O)O)C12CC3CC(CC(C3)C1)C2. The number of rotatable bonds is 5. The molecule has 4 saturated carbocycles. The van der Waals surface area contributed by atoms with Crippen molar-refractivity contribution in [1.82, 2.24) is 0 Å². The van der Waals surface area contributed by atoms with E-state index in [1.54, 1.807) is 22.6 Å². The summed E-state index contributed by atoms with van der Waals surface area (Å²) in [5, 5.41) is 18.7. The predicted molar refractivity (Wildman–Crippen MR) is 103 cm³/mol. The highest BCUT2D eigenvalue weighted by atomic mass is 127. The van der Waals surface area contributed by atoms with Gasteiger partial charge in [0.2, 0.25) is 6.10 Å². The van der Waals surface area contributed by atoms with E-state index in [0.29, 0.717) is 37.0 Å². The summed E-state index contributed by atoms with van der Waals surface area (Å²) in [6.07, 6.45) is 2.91. The molecule has 1 atom stereocenters. The molecule has 5 nitrogen and oxygen atoms in total. The van der Waals surface area contributed by atoms with Crippen molar-refractivity contribution in [3.63, 3.8) is 0 Å². The first-order valence-corrected chi connectivity index (χ1v) is 10.5. The lowest BCUT2D eigenvalue weighted by molar-refractivity contribution is -0.207. The van der Waals surface area contributed by atoms with Gasteiger partial charge in [-0.15, -0.1) is 0 Å². The Morgan fingerprint density at radius 2 is 1.68 bits per heavy atom. The largest absolute Gasteiger partial charge is 0.507 e. The van der Waals surface area contributed by atoms with Crippen LogP contribution in [0.2, 0.25) is 0 Å². The van der Waals surface area contributed by atoms with Gasteiger partial charge >= 0.3 is 17.9 Å². The summed E-state index contributed by atoms with van der Waals surface area (Å²) < 4.78 is 34.6. The first kappa shape index (κ1) is 19.8. The average Bonchev–Trinajstić information content (AvgIpc) is 2.60. The molecular formula is C20H21F2IO5. The van der Waals surface area contributed by atoms with E-state index in [2.05, 4.69) is 0 Å². The average molecular weight is 506 g/mol. The lowest BCUT2D eigenvalue weighted by Gasteiger charge is -2.55. The molecule has 4 aliphatic rings. The smallest absolute Gasteiger partial charge is 0.382 e. The van der Waals surface area contributed by atoms with Gasteiger partial charge in [-0.05, 0) is 91.0 Å². The highest BCUT2D eigenvalue weighted by Gasteiger charge is 2.58. The van der Waals surface area contributed by atoms with Gasteiger partial charge in [0.1, 0.15) is 5.75 Å². The summed E-state index contributed by atoms with van der Waals surface area (Å²) in [5.41, 5.74) is -0.918. The molecule has 28 heavy (non-hydrogen) atoms. The van der Waals surface area contributed by atoms with Crippen molar-refractivity contribution < 1.29 is 33.3 Å². The minimum absolute atomic E-state index is 0.117. The Morgan fingerprint density at radius 1 is 1.14 bits per heavy atom. The number of esters is 1. The minimum atomic E-state index is -4.28. The van der Waals surface area contributed by atoms with Crippen molar-refractivity contribution in [1.29, 1.82) is 0 Å². The van der Waals surface area contributed by atoms with E-state index in [1.807, 2.05) is 0 Å². The van der Waals surface area contributed by atoms with E-state index in [4.69, 9.17) is 9.84 Å². The number of carboxylic acids is 1. The second kappa shape index (κ2) is 6.81. The fraction of sp³-hybridized carbons (Fsp3) is 0.600. The number of hydrogen-bond donors (Lipinski definition) is 2. The van der Waals surface area contributed by atoms with Crippen LogP contribution in [0.3, 0.4) is 0 Å². The number of phenolic OH excluding ortho intramolecular Hbond substituents is 1. The number of alkyl halides is 2. The van der Waals surface area contributed by atoms with Crippen LogP contribution in [0.25, 0.3) is 0 Å². The number of carbonyl (C=O) groups excluding carboxylic acids is 1. The van der Waals surface area contributed by atoms with Crippen LogP contribution in [0, 0.1) is 26.7 Å². The zero-order chi connectivity index (χ0) is 20.3. The molecule has 0 aliphatic heterocycles. The molecule has 8 heteroatoms. The minimum Gasteiger partial charge on any atom is -0.507 e. The molecule has 1 unspecified atom stereocenters. The molecule has 1 aromatic rings. The molecule has 0 amide bonds. The maximum atomic E-state index is 14.5. The molecule has 4 bridgehead atoms. The van der Waals surface area contributed by atoms with Gasteiger partial charge in [-0.2, -0.15) is 8.78 Å². The quantitative estimate of drug-likeness (QED) is 0.454.